The van der Waals surface area contributed by atoms with Crippen molar-refractivity contribution in [3.8, 4) is 0 Å². The molecule has 1 saturated heterocycles. The van der Waals surface area contributed by atoms with Gasteiger partial charge in [-0.2, -0.15) is 0 Å². The molecule has 3 N–H and O–H groups in total. The van der Waals surface area contributed by atoms with Crippen molar-refractivity contribution in [1.82, 2.24) is 4.98 Å². The van der Waals surface area contributed by atoms with Gasteiger partial charge in [0.1, 0.15) is 5.82 Å². The van der Waals surface area contributed by atoms with Gasteiger partial charge in [-0.05, 0) is 37.3 Å². The number of aryl methyl sites for hydroxylation is 1. The molecule has 0 aliphatic carbocycles. The zero-order valence-corrected chi connectivity index (χ0v) is 11.8. The second-order valence-corrected chi connectivity index (χ2v) is 5.58. The predicted molar refractivity (Wildman–Crippen MR) is 76.6 cm³/mol. The van der Waals surface area contributed by atoms with Gasteiger partial charge in [0.2, 0.25) is 0 Å². The van der Waals surface area contributed by atoms with Crippen LogP contribution in [-0.2, 0) is 0 Å². The minimum atomic E-state index is 0.131. The summed E-state index contributed by atoms with van der Waals surface area (Å²) in [5, 5.41) is 11.8. The molecule has 1 aliphatic rings. The summed E-state index contributed by atoms with van der Waals surface area (Å²) in [6, 6.07) is 3.72. The SMILES string of the molecule is Cc1cc(/C(N)=N/O)cc(N2CCC(C(C)C)C2)n1. The number of hydrogen-bond donors (Lipinski definition) is 2. The quantitative estimate of drug-likeness (QED) is 0.378. The number of nitrogens with two attached hydrogens (primary N) is 1. The number of aromatic nitrogens is 1. The van der Waals surface area contributed by atoms with E-state index < -0.39 is 0 Å². The number of amidine groups is 1. The van der Waals surface area contributed by atoms with E-state index in [9.17, 15) is 0 Å². The summed E-state index contributed by atoms with van der Waals surface area (Å²) in [6.07, 6.45) is 1.20. The molecule has 0 bridgehead atoms. The zero-order chi connectivity index (χ0) is 14.0. The fraction of sp³-hybridized carbons (Fsp3) is 0.571. The van der Waals surface area contributed by atoms with Crippen LogP contribution in [0.25, 0.3) is 0 Å². The lowest BCUT2D eigenvalue weighted by atomic mass is 9.95. The lowest BCUT2D eigenvalue weighted by Crippen LogP contribution is -2.23. The molecule has 104 valence electrons. The molecule has 5 heteroatoms. The van der Waals surface area contributed by atoms with Gasteiger partial charge in [0.05, 0.1) is 0 Å². The maximum atomic E-state index is 8.78. The second-order valence-electron chi connectivity index (χ2n) is 5.58. The minimum Gasteiger partial charge on any atom is -0.409 e. The molecule has 5 nitrogen and oxygen atoms in total. The van der Waals surface area contributed by atoms with Crippen molar-refractivity contribution in [1.29, 1.82) is 0 Å². The van der Waals surface area contributed by atoms with Gasteiger partial charge in [-0.1, -0.05) is 19.0 Å². The molecule has 1 fully saturated rings. The molecule has 2 heterocycles. The van der Waals surface area contributed by atoms with Crippen LogP contribution in [0.4, 0.5) is 5.82 Å². The van der Waals surface area contributed by atoms with Crippen molar-refractivity contribution < 1.29 is 5.21 Å². The highest BCUT2D eigenvalue weighted by Gasteiger charge is 2.26. The topological polar surface area (TPSA) is 74.7 Å². The molecule has 0 spiro atoms. The van der Waals surface area contributed by atoms with E-state index >= 15 is 0 Å². The van der Waals surface area contributed by atoms with E-state index in [1.54, 1.807) is 0 Å². The molecular weight excluding hydrogens is 240 g/mol. The van der Waals surface area contributed by atoms with Gasteiger partial charge < -0.3 is 15.8 Å². The average Bonchev–Trinajstić information content (AvgIpc) is 2.86. The Kier molecular flexibility index (Phi) is 3.93. The van der Waals surface area contributed by atoms with Crippen LogP contribution in [0.5, 0.6) is 0 Å². The van der Waals surface area contributed by atoms with Gasteiger partial charge in [-0.3, -0.25) is 0 Å². The Balaban J connectivity index is 2.24. The third-order valence-corrected chi connectivity index (χ3v) is 3.83. The first-order chi connectivity index (χ1) is 9.01. The van der Waals surface area contributed by atoms with Crippen molar-refractivity contribution >= 4 is 11.7 Å². The monoisotopic (exact) mass is 262 g/mol. The van der Waals surface area contributed by atoms with Crippen molar-refractivity contribution in [3.05, 3.63) is 23.4 Å². The molecule has 0 saturated carbocycles. The highest BCUT2D eigenvalue weighted by Crippen LogP contribution is 2.27. The van der Waals surface area contributed by atoms with Gasteiger partial charge in [0, 0.05) is 24.3 Å². The third-order valence-electron chi connectivity index (χ3n) is 3.83. The molecule has 0 radical (unpaired) electrons. The van der Waals surface area contributed by atoms with Crippen LogP contribution in [0.2, 0.25) is 0 Å². The summed E-state index contributed by atoms with van der Waals surface area (Å²) in [4.78, 5) is 6.84. The predicted octanol–water partition coefficient (Wildman–Crippen LogP) is 1.97. The largest absolute Gasteiger partial charge is 0.409 e. The number of hydrogen-bond acceptors (Lipinski definition) is 4. The van der Waals surface area contributed by atoms with Crippen molar-refractivity contribution in [2.24, 2.45) is 22.7 Å². The van der Waals surface area contributed by atoms with Gasteiger partial charge in [-0.25, -0.2) is 4.98 Å². The van der Waals surface area contributed by atoms with Crippen LogP contribution >= 0.6 is 0 Å². The van der Waals surface area contributed by atoms with Crippen LogP contribution in [-0.4, -0.2) is 29.1 Å². The first-order valence-corrected chi connectivity index (χ1v) is 6.72. The molecule has 1 unspecified atom stereocenters. The van der Waals surface area contributed by atoms with Gasteiger partial charge >= 0.3 is 0 Å². The summed E-state index contributed by atoms with van der Waals surface area (Å²) >= 11 is 0. The lowest BCUT2D eigenvalue weighted by molar-refractivity contribution is 0.318. The van der Waals surface area contributed by atoms with E-state index in [0.29, 0.717) is 5.92 Å². The van der Waals surface area contributed by atoms with Crippen molar-refractivity contribution in [3.63, 3.8) is 0 Å². The Labute approximate surface area is 114 Å². The Hall–Kier alpha value is -1.78. The van der Waals surface area contributed by atoms with Crippen molar-refractivity contribution in [2.75, 3.05) is 18.0 Å². The molecule has 0 amide bonds. The molecule has 0 aromatic carbocycles. The van der Waals surface area contributed by atoms with Crippen LogP contribution in [0.15, 0.2) is 17.3 Å². The summed E-state index contributed by atoms with van der Waals surface area (Å²) in [5.41, 5.74) is 7.26. The fourth-order valence-electron chi connectivity index (χ4n) is 2.56. The maximum absolute atomic E-state index is 8.78. The molecule has 1 aliphatic heterocycles. The van der Waals surface area contributed by atoms with Gasteiger partial charge in [0.25, 0.3) is 0 Å². The van der Waals surface area contributed by atoms with E-state index in [4.69, 9.17) is 10.9 Å². The number of nitrogens with zero attached hydrogens (tertiary/aromatic N) is 3. The van der Waals surface area contributed by atoms with Gasteiger partial charge in [0.15, 0.2) is 5.84 Å². The van der Waals surface area contributed by atoms with Crippen LogP contribution in [0.3, 0.4) is 0 Å². The smallest absolute Gasteiger partial charge is 0.170 e. The molecule has 1 aromatic rings. The standard InChI is InChI=1S/C14H22N4O/c1-9(2)11-4-5-18(8-11)13-7-12(14(15)17-19)6-10(3)16-13/h6-7,9,11,19H,4-5,8H2,1-3H3,(H2,15,17). The lowest BCUT2D eigenvalue weighted by Gasteiger charge is -2.20. The molecule has 2 rings (SSSR count). The Morgan fingerprint density at radius 1 is 1.53 bits per heavy atom. The van der Waals surface area contributed by atoms with Crippen LogP contribution < -0.4 is 10.6 Å². The van der Waals surface area contributed by atoms with E-state index in [1.807, 2.05) is 19.1 Å². The normalized spacial score (nSPS) is 20.3. The number of pyridine rings is 1. The Morgan fingerprint density at radius 2 is 2.26 bits per heavy atom. The first kappa shape index (κ1) is 13.6. The van der Waals surface area contributed by atoms with E-state index in [-0.39, 0.29) is 5.84 Å². The van der Waals surface area contributed by atoms with Gasteiger partial charge in [-0.15, -0.1) is 0 Å². The maximum Gasteiger partial charge on any atom is 0.170 e. The molecule has 1 aromatic heterocycles. The highest BCUT2D eigenvalue weighted by molar-refractivity contribution is 5.97. The Morgan fingerprint density at radius 3 is 2.84 bits per heavy atom. The number of anilines is 1. The summed E-state index contributed by atoms with van der Waals surface area (Å²) in [5.74, 6) is 2.46. The van der Waals surface area contributed by atoms with E-state index in [1.165, 1.54) is 6.42 Å². The molecule has 19 heavy (non-hydrogen) atoms. The Bertz CT molecular complexity index is 484. The van der Waals surface area contributed by atoms with E-state index in [0.717, 1.165) is 36.1 Å². The third kappa shape index (κ3) is 2.97. The average molecular weight is 262 g/mol. The van der Waals surface area contributed by atoms with Crippen LogP contribution in [0.1, 0.15) is 31.5 Å². The second kappa shape index (κ2) is 5.47. The van der Waals surface area contributed by atoms with Crippen molar-refractivity contribution in [2.45, 2.75) is 27.2 Å². The fourth-order valence-corrected chi connectivity index (χ4v) is 2.56. The number of oxime groups is 1. The van der Waals surface area contributed by atoms with E-state index in [2.05, 4.69) is 28.9 Å². The molecule has 1 atom stereocenters. The number of rotatable bonds is 3. The molecular formula is C14H22N4O. The summed E-state index contributed by atoms with van der Waals surface area (Å²) in [6.45, 7) is 8.51. The highest BCUT2D eigenvalue weighted by atomic mass is 16.4. The summed E-state index contributed by atoms with van der Waals surface area (Å²) < 4.78 is 0. The summed E-state index contributed by atoms with van der Waals surface area (Å²) in [7, 11) is 0. The first-order valence-electron chi connectivity index (χ1n) is 6.72. The van der Waals surface area contributed by atoms with Crippen LogP contribution in [0, 0.1) is 18.8 Å². The minimum absolute atomic E-state index is 0.131. The zero-order valence-electron chi connectivity index (χ0n) is 11.8.